The third-order valence-corrected chi connectivity index (χ3v) is 5.08. The fourth-order valence-corrected chi connectivity index (χ4v) is 3.24. The highest BCUT2D eigenvalue weighted by Gasteiger charge is 2.13. The predicted molar refractivity (Wildman–Crippen MR) is 128 cm³/mol. The molecule has 0 aromatic heterocycles. The van der Waals surface area contributed by atoms with Gasteiger partial charge in [0.1, 0.15) is 5.75 Å². The monoisotopic (exact) mass is 444 g/mol. The number of benzene rings is 3. The molecule has 0 atom stereocenters. The summed E-state index contributed by atoms with van der Waals surface area (Å²) in [5, 5.41) is 0. The van der Waals surface area contributed by atoms with Crippen LogP contribution in [0.15, 0.2) is 78.9 Å². The second-order valence-corrected chi connectivity index (χ2v) is 7.99. The van der Waals surface area contributed by atoms with Gasteiger partial charge in [0.2, 0.25) is 0 Å². The summed E-state index contributed by atoms with van der Waals surface area (Å²) in [7, 11) is 0. The number of aryl methyl sites for hydroxylation is 2. The molecule has 0 heterocycles. The van der Waals surface area contributed by atoms with Crippen LogP contribution in [0.2, 0.25) is 0 Å². The normalized spacial score (nSPS) is 10.5. The maximum Gasteiger partial charge on any atom is 0.338 e. The van der Waals surface area contributed by atoms with Crippen molar-refractivity contribution in [3.8, 4) is 33.8 Å². The lowest BCUT2D eigenvalue weighted by Crippen LogP contribution is -2.09. The highest BCUT2D eigenvalue weighted by atomic mass is 19.1. The van der Waals surface area contributed by atoms with Crippen LogP contribution < -0.4 is 9.47 Å². The molecule has 0 aliphatic heterocycles. The van der Waals surface area contributed by atoms with Crippen LogP contribution in [0.3, 0.4) is 0 Å². The molecule has 0 N–H and O–H groups in total. The zero-order valence-electron chi connectivity index (χ0n) is 19.1. The van der Waals surface area contributed by atoms with Gasteiger partial charge in [0.25, 0.3) is 0 Å². The Bertz CT molecular complexity index is 1290. The summed E-state index contributed by atoms with van der Waals surface area (Å²) in [5.41, 5.74) is 5.83. The van der Waals surface area contributed by atoms with E-state index < -0.39 is 17.8 Å². The van der Waals surface area contributed by atoms with Gasteiger partial charge in [0.05, 0.1) is 0 Å². The maximum atomic E-state index is 14.5. The van der Waals surface area contributed by atoms with E-state index in [2.05, 4.69) is 13.2 Å². The van der Waals surface area contributed by atoms with E-state index in [-0.39, 0.29) is 11.3 Å². The molecule has 3 aromatic rings. The minimum absolute atomic E-state index is 0.136. The molecule has 168 valence electrons. The molecule has 33 heavy (non-hydrogen) atoms. The maximum absolute atomic E-state index is 14.5. The van der Waals surface area contributed by atoms with Crippen LogP contribution in [0.1, 0.15) is 25.0 Å². The SMILES string of the molecule is C=C(C)C(=O)Oc1ccc(-c2ccc(-c3ccc(OC(=O)C(=C)C)c(F)c3)cc2C)cc1C. The zero-order chi connectivity index (χ0) is 24.3. The first kappa shape index (κ1) is 23.7. The van der Waals surface area contributed by atoms with Crippen molar-refractivity contribution in [2.24, 2.45) is 0 Å². The number of carbonyl (C=O) groups is 2. The van der Waals surface area contributed by atoms with E-state index in [1.54, 1.807) is 19.1 Å². The van der Waals surface area contributed by atoms with Gasteiger partial charge in [0, 0.05) is 11.1 Å². The van der Waals surface area contributed by atoms with Crippen molar-refractivity contribution in [1.29, 1.82) is 0 Å². The number of esters is 2. The number of halogens is 1. The van der Waals surface area contributed by atoms with Gasteiger partial charge >= 0.3 is 11.9 Å². The summed E-state index contributed by atoms with van der Waals surface area (Å²) in [5.74, 6) is -1.40. The molecule has 4 nitrogen and oxygen atoms in total. The number of rotatable bonds is 6. The summed E-state index contributed by atoms with van der Waals surface area (Å²) < 4.78 is 24.8. The van der Waals surface area contributed by atoms with E-state index in [9.17, 15) is 14.0 Å². The quantitative estimate of drug-likeness (QED) is 0.240. The average Bonchev–Trinajstić information content (AvgIpc) is 2.76. The van der Waals surface area contributed by atoms with Gasteiger partial charge in [-0.15, -0.1) is 0 Å². The molecule has 0 unspecified atom stereocenters. The number of ether oxygens (including phenoxy) is 2. The Morgan fingerprint density at radius 2 is 1.18 bits per heavy atom. The predicted octanol–water partition coefficient (Wildman–Crippen LogP) is 6.74. The molecule has 0 aliphatic carbocycles. The van der Waals surface area contributed by atoms with Crippen molar-refractivity contribution in [3.05, 3.63) is 95.8 Å². The lowest BCUT2D eigenvalue weighted by Gasteiger charge is -2.13. The van der Waals surface area contributed by atoms with Gasteiger partial charge in [0.15, 0.2) is 11.6 Å². The van der Waals surface area contributed by atoms with Gasteiger partial charge in [-0.05, 0) is 85.3 Å². The van der Waals surface area contributed by atoms with Gasteiger partial charge in [-0.1, -0.05) is 43.5 Å². The first-order valence-electron chi connectivity index (χ1n) is 10.3. The van der Waals surface area contributed by atoms with E-state index in [4.69, 9.17) is 9.47 Å². The largest absolute Gasteiger partial charge is 0.423 e. The van der Waals surface area contributed by atoms with Gasteiger partial charge in [-0.2, -0.15) is 0 Å². The van der Waals surface area contributed by atoms with Gasteiger partial charge in [-0.3, -0.25) is 0 Å². The van der Waals surface area contributed by atoms with Crippen LogP contribution >= 0.6 is 0 Å². The van der Waals surface area contributed by atoms with Crippen molar-refractivity contribution >= 4 is 11.9 Å². The molecule has 0 spiro atoms. The lowest BCUT2D eigenvalue weighted by atomic mass is 9.94. The molecule has 5 heteroatoms. The standard InChI is InChI=1S/C28H25FO4/c1-16(2)27(30)32-25-11-9-22(14-19(25)6)23-10-7-20(13-18(23)5)21-8-12-26(24(29)15-21)33-28(31)17(3)4/h7-15H,1,3H2,2,4-6H3. The van der Waals surface area contributed by atoms with Gasteiger partial charge in [-0.25, -0.2) is 14.0 Å². The van der Waals surface area contributed by atoms with Crippen molar-refractivity contribution in [1.82, 2.24) is 0 Å². The molecule has 0 amide bonds. The van der Waals surface area contributed by atoms with Crippen molar-refractivity contribution in [3.63, 3.8) is 0 Å². The Hall–Kier alpha value is -3.99. The molecule has 3 aromatic carbocycles. The van der Waals surface area contributed by atoms with Crippen LogP contribution in [0.25, 0.3) is 22.3 Å². The Labute approximate surface area is 193 Å². The molecule has 0 saturated heterocycles. The highest BCUT2D eigenvalue weighted by molar-refractivity contribution is 5.89. The molecular formula is C28H25FO4. The summed E-state index contributed by atoms with van der Waals surface area (Å²) in [6.07, 6.45) is 0. The van der Waals surface area contributed by atoms with Crippen LogP contribution in [0, 0.1) is 19.7 Å². The Morgan fingerprint density at radius 1 is 0.697 bits per heavy atom. The first-order valence-corrected chi connectivity index (χ1v) is 10.3. The van der Waals surface area contributed by atoms with Crippen molar-refractivity contribution < 1.29 is 23.5 Å². The molecule has 3 rings (SSSR count). The van der Waals surface area contributed by atoms with Crippen LogP contribution in [-0.2, 0) is 9.59 Å². The van der Waals surface area contributed by atoms with Gasteiger partial charge < -0.3 is 9.47 Å². The molecule has 0 aliphatic rings. The Kier molecular flexibility index (Phi) is 6.92. The van der Waals surface area contributed by atoms with E-state index in [0.717, 1.165) is 27.8 Å². The van der Waals surface area contributed by atoms with Crippen molar-refractivity contribution in [2.75, 3.05) is 0 Å². The van der Waals surface area contributed by atoms with E-state index in [1.165, 1.54) is 19.1 Å². The summed E-state index contributed by atoms with van der Waals surface area (Å²) in [4.78, 5) is 23.4. The fraction of sp³-hybridized carbons (Fsp3) is 0.143. The average molecular weight is 445 g/mol. The zero-order valence-corrected chi connectivity index (χ0v) is 19.1. The van der Waals surface area contributed by atoms with Crippen LogP contribution in [0.5, 0.6) is 11.5 Å². The summed E-state index contributed by atoms with van der Waals surface area (Å²) in [6.45, 7) is 14.0. The van der Waals surface area contributed by atoms with E-state index >= 15 is 0 Å². The third-order valence-electron chi connectivity index (χ3n) is 5.08. The van der Waals surface area contributed by atoms with Crippen LogP contribution in [0.4, 0.5) is 4.39 Å². The second kappa shape index (κ2) is 9.65. The summed E-state index contributed by atoms with van der Waals surface area (Å²) in [6, 6.07) is 15.9. The van der Waals surface area contributed by atoms with Crippen LogP contribution in [-0.4, -0.2) is 11.9 Å². The van der Waals surface area contributed by atoms with E-state index in [1.807, 2.05) is 44.2 Å². The molecule has 0 bridgehead atoms. The molecule has 0 saturated carbocycles. The fourth-order valence-electron chi connectivity index (χ4n) is 3.24. The third kappa shape index (κ3) is 5.44. The molecular weight excluding hydrogens is 419 g/mol. The lowest BCUT2D eigenvalue weighted by molar-refractivity contribution is -0.131. The second-order valence-electron chi connectivity index (χ2n) is 7.99. The topological polar surface area (TPSA) is 52.6 Å². The highest BCUT2D eigenvalue weighted by Crippen LogP contribution is 2.33. The summed E-state index contributed by atoms with van der Waals surface area (Å²) >= 11 is 0. The first-order chi connectivity index (χ1) is 15.6. The Balaban J connectivity index is 1.86. The number of hydrogen-bond donors (Lipinski definition) is 0. The molecule has 0 fully saturated rings. The minimum atomic E-state index is -0.669. The van der Waals surface area contributed by atoms with Crippen molar-refractivity contribution in [2.45, 2.75) is 27.7 Å². The van der Waals surface area contributed by atoms with E-state index in [0.29, 0.717) is 16.9 Å². The number of carbonyl (C=O) groups excluding carboxylic acids is 2. The Morgan fingerprint density at radius 3 is 1.73 bits per heavy atom. The minimum Gasteiger partial charge on any atom is -0.423 e. The molecule has 0 radical (unpaired) electrons. The number of hydrogen-bond acceptors (Lipinski definition) is 4. The smallest absolute Gasteiger partial charge is 0.338 e.